The van der Waals surface area contributed by atoms with Crippen molar-refractivity contribution < 1.29 is 13.3 Å². The van der Waals surface area contributed by atoms with Gasteiger partial charge in [0.25, 0.3) is 5.89 Å². The van der Waals surface area contributed by atoms with Crippen LogP contribution in [0.4, 0.5) is 8.78 Å². The van der Waals surface area contributed by atoms with Crippen LogP contribution in [0.5, 0.6) is 0 Å². The maximum Gasteiger partial charge on any atom is 0.300 e. The summed E-state index contributed by atoms with van der Waals surface area (Å²) in [7, 11) is 0. The van der Waals surface area contributed by atoms with Gasteiger partial charge in [-0.1, -0.05) is 5.16 Å². The summed E-state index contributed by atoms with van der Waals surface area (Å²) < 4.78 is 29.7. The second-order valence-corrected chi connectivity index (χ2v) is 3.57. The van der Waals surface area contributed by atoms with Gasteiger partial charge in [-0.25, -0.2) is 8.78 Å². The molecule has 0 atom stereocenters. The monoisotopic (exact) mass is 275 g/mol. The Morgan fingerprint density at radius 1 is 1.33 bits per heavy atom. The molecule has 2 heterocycles. The molecular weight excluding hydrogens is 272 g/mol. The lowest BCUT2D eigenvalue weighted by molar-refractivity contribution is 0.136. The van der Waals surface area contributed by atoms with Crippen LogP contribution in [0.2, 0.25) is 0 Å². The molecule has 0 N–H and O–H groups in total. The summed E-state index contributed by atoms with van der Waals surface area (Å²) in [6, 6.07) is 1.65. The minimum absolute atomic E-state index is 0.0269. The van der Waals surface area contributed by atoms with Gasteiger partial charge in [-0.2, -0.15) is 4.98 Å². The number of nitrogens with zero attached hydrogens (tertiary/aromatic N) is 3. The van der Waals surface area contributed by atoms with Crippen LogP contribution in [0, 0.1) is 0 Å². The molecule has 4 nitrogen and oxygen atoms in total. The van der Waals surface area contributed by atoms with Gasteiger partial charge in [0.1, 0.15) is 0 Å². The Labute approximate surface area is 91.5 Å². The molecular formula is C8H4BrF2N3O. The molecule has 0 saturated heterocycles. The molecule has 7 heteroatoms. The predicted molar refractivity (Wildman–Crippen MR) is 50.2 cm³/mol. The summed E-state index contributed by atoms with van der Waals surface area (Å²) in [6.45, 7) is 0. The van der Waals surface area contributed by atoms with Gasteiger partial charge in [0.2, 0.25) is 5.82 Å². The molecule has 0 unspecified atom stereocenters. The summed E-state index contributed by atoms with van der Waals surface area (Å²) >= 11 is 3.19. The van der Waals surface area contributed by atoms with Gasteiger partial charge < -0.3 is 4.52 Å². The molecule has 0 bridgehead atoms. The highest BCUT2D eigenvalue weighted by molar-refractivity contribution is 9.10. The minimum atomic E-state index is -2.73. The Hall–Kier alpha value is -1.37. The zero-order valence-corrected chi connectivity index (χ0v) is 8.78. The van der Waals surface area contributed by atoms with E-state index in [2.05, 4.69) is 35.6 Å². The fourth-order valence-electron chi connectivity index (χ4n) is 0.970. The summed E-state index contributed by atoms with van der Waals surface area (Å²) in [5.41, 5.74) is 0.490. The van der Waals surface area contributed by atoms with E-state index in [-0.39, 0.29) is 5.89 Å². The van der Waals surface area contributed by atoms with E-state index >= 15 is 0 Å². The first-order valence-electron chi connectivity index (χ1n) is 3.89. The first-order valence-corrected chi connectivity index (χ1v) is 4.69. The Morgan fingerprint density at radius 2 is 2.13 bits per heavy atom. The van der Waals surface area contributed by atoms with E-state index in [4.69, 9.17) is 0 Å². The molecule has 2 aromatic rings. The minimum Gasteiger partial charge on any atom is -0.334 e. The van der Waals surface area contributed by atoms with Crippen LogP contribution >= 0.6 is 15.9 Å². The highest BCUT2D eigenvalue weighted by Gasteiger charge is 2.16. The lowest BCUT2D eigenvalue weighted by atomic mass is 10.3. The average molecular weight is 276 g/mol. The standard InChI is InChI=1S/C8H4BrF2N3O/c9-5-1-4(2-12-3-5)8-13-7(6(10)11)14-15-8/h1-3,6H. The van der Waals surface area contributed by atoms with Crippen molar-refractivity contribution >= 4 is 15.9 Å². The highest BCUT2D eigenvalue weighted by atomic mass is 79.9. The fraction of sp³-hybridized carbons (Fsp3) is 0.125. The number of halogens is 3. The number of aromatic nitrogens is 3. The van der Waals surface area contributed by atoms with Crippen LogP contribution in [-0.2, 0) is 0 Å². The largest absolute Gasteiger partial charge is 0.334 e. The van der Waals surface area contributed by atoms with E-state index in [0.29, 0.717) is 10.0 Å². The number of rotatable bonds is 2. The SMILES string of the molecule is FC(F)c1noc(-c2cncc(Br)c2)n1. The van der Waals surface area contributed by atoms with Gasteiger partial charge >= 0.3 is 6.43 Å². The van der Waals surface area contributed by atoms with Crippen LogP contribution in [0.1, 0.15) is 12.2 Å². The van der Waals surface area contributed by atoms with Gasteiger partial charge in [-0.15, -0.1) is 0 Å². The van der Waals surface area contributed by atoms with Crippen molar-refractivity contribution in [3.63, 3.8) is 0 Å². The van der Waals surface area contributed by atoms with E-state index in [1.165, 1.54) is 6.20 Å². The maximum atomic E-state index is 12.2. The first-order chi connectivity index (χ1) is 7.16. The van der Waals surface area contributed by atoms with Crippen molar-refractivity contribution in [1.82, 2.24) is 15.1 Å². The van der Waals surface area contributed by atoms with Gasteiger partial charge in [0.05, 0.1) is 5.56 Å². The van der Waals surface area contributed by atoms with Crippen molar-refractivity contribution in [2.45, 2.75) is 6.43 Å². The summed E-state index contributed by atoms with van der Waals surface area (Å²) in [4.78, 5) is 7.39. The van der Waals surface area contributed by atoms with Crippen LogP contribution in [-0.4, -0.2) is 15.1 Å². The maximum absolute atomic E-state index is 12.2. The van der Waals surface area contributed by atoms with Gasteiger partial charge in [0.15, 0.2) is 0 Å². The predicted octanol–water partition coefficient (Wildman–Crippen LogP) is 2.83. The highest BCUT2D eigenvalue weighted by Crippen LogP contribution is 2.22. The molecule has 0 fully saturated rings. The van der Waals surface area contributed by atoms with Crippen molar-refractivity contribution in [3.05, 3.63) is 28.8 Å². The smallest absolute Gasteiger partial charge is 0.300 e. The molecule has 0 saturated carbocycles. The topological polar surface area (TPSA) is 51.8 Å². The molecule has 0 radical (unpaired) electrons. The normalized spacial score (nSPS) is 10.9. The van der Waals surface area contributed by atoms with E-state index in [1.807, 2.05) is 0 Å². The first kappa shape index (κ1) is 10.2. The van der Waals surface area contributed by atoms with Gasteiger partial charge in [0, 0.05) is 16.9 Å². The average Bonchev–Trinajstić information content (AvgIpc) is 2.66. The van der Waals surface area contributed by atoms with Crippen molar-refractivity contribution in [2.75, 3.05) is 0 Å². The van der Waals surface area contributed by atoms with Gasteiger partial charge in [-0.05, 0) is 22.0 Å². The molecule has 0 aromatic carbocycles. The quantitative estimate of drug-likeness (QED) is 0.846. The number of hydrogen-bond acceptors (Lipinski definition) is 4. The molecule has 0 aliphatic rings. The third-order valence-corrected chi connectivity index (χ3v) is 2.02. The van der Waals surface area contributed by atoms with Crippen LogP contribution in [0.25, 0.3) is 11.5 Å². The lowest BCUT2D eigenvalue weighted by Crippen LogP contribution is -1.86. The lowest BCUT2D eigenvalue weighted by Gasteiger charge is -1.93. The Morgan fingerprint density at radius 3 is 2.73 bits per heavy atom. The Balaban J connectivity index is 2.37. The zero-order chi connectivity index (χ0) is 10.8. The summed E-state index contributed by atoms with van der Waals surface area (Å²) in [5.74, 6) is -0.593. The third-order valence-electron chi connectivity index (χ3n) is 1.59. The second-order valence-electron chi connectivity index (χ2n) is 2.65. The molecule has 0 aliphatic carbocycles. The number of hydrogen-bond donors (Lipinski definition) is 0. The fourth-order valence-corrected chi connectivity index (χ4v) is 1.33. The second kappa shape index (κ2) is 4.01. The van der Waals surface area contributed by atoms with Crippen LogP contribution in [0.15, 0.2) is 27.5 Å². The van der Waals surface area contributed by atoms with Crippen molar-refractivity contribution in [1.29, 1.82) is 0 Å². The van der Waals surface area contributed by atoms with Crippen LogP contribution in [0.3, 0.4) is 0 Å². The van der Waals surface area contributed by atoms with E-state index in [1.54, 1.807) is 12.3 Å². The zero-order valence-electron chi connectivity index (χ0n) is 7.19. The van der Waals surface area contributed by atoms with E-state index in [9.17, 15) is 8.78 Å². The van der Waals surface area contributed by atoms with Crippen molar-refractivity contribution in [3.8, 4) is 11.5 Å². The molecule has 0 spiro atoms. The summed E-state index contributed by atoms with van der Waals surface area (Å²) in [6.07, 6.45) is 0.282. The van der Waals surface area contributed by atoms with E-state index in [0.717, 1.165) is 0 Å². The van der Waals surface area contributed by atoms with Crippen LogP contribution < -0.4 is 0 Å². The molecule has 0 aliphatic heterocycles. The molecule has 2 rings (SSSR count). The molecule has 15 heavy (non-hydrogen) atoms. The number of pyridine rings is 1. The molecule has 78 valence electrons. The summed E-state index contributed by atoms with van der Waals surface area (Å²) in [5, 5.41) is 3.14. The Kier molecular flexibility index (Phi) is 2.72. The Bertz CT molecular complexity index is 474. The molecule has 2 aromatic heterocycles. The van der Waals surface area contributed by atoms with Gasteiger partial charge in [-0.3, -0.25) is 4.98 Å². The number of alkyl halides is 2. The van der Waals surface area contributed by atoms with Crippen molar-refractivity contribution in [2.24, 2.45) is 0 Å². The third kappa shape index (κ3) is 2.17. The van der Waals surface area contributed by atoms with E-state index < -0.39 is 12.2 Å². The molecule has 0 amide bonds.